The summed E-state index contributed by atoms with van der Waals surface area (Å²) in [7, 11) is 1.63. The second-order valence-corrected chi connectivity index (χ2v) is 9.01. The van der Waals surface area contributed by atoms with Gasteiger partial charge in [-0.25, -0.2) is 18.7 Å². The van der Waals surface area contributed by atoms with Crippen molar-refractivity contribution < 1.29 is 31.9 Å². The molecule has 216 valence electrons. The average molecular weight is 574 g/mol. The lowest BCUT2D eigenvalue weighted by molar-refractivity contribution is -0.137. The molecule has 0 atom stereocenters. The second kappa shape index (κ2) is 12.3. The fourth-order valence-corrected chi connectivity index (χ4v) is 4.28. The molecule has 0 bridgehead atoms. The van der Waals surface area contributed by atoms with Crippen molar-refractivity contribution in [2.75, 3.05) is 43.2 Å². The molecular weight excluding hydrogens is 546 g/mol. The highest BCUT2D eigenvalue weighted by molar-refractivity contribution is 6.03. The molecule has 0 aliphatic carbocycles. The Balaban J connectivity index is 1.63. The predicted molar refractivity (Wildman–Crippen MR) is 145 cm³/mol. The van der Waals surface area contributed by atoms with Gasteiger partial charge >= 0.3 is 12.2 Å². The first-order chi connectivity index (χ1) is 19.5. The maximum Gasteiger partial charge on any atom is 0.416 e. The van der Waals surface area contributed by atoms with Gasteiger partial charge in [-0.1, -0.05) is 13.0 Å². The predicted octanol–water partition coefficient (Wildman–Crippen LogP) is 5.06. The number of methoxy groups -OCH3 is 1. The Morgan fingerprint density at radius 3 is 2.59 bits per heavy atom. The van der Waals surface area contributed by atoms with Gasteiger partial charge in [0.25, 0.3) is 0 Å². The fraction of sp³-hybridized carbons (Fsp3) is 0.259. The Labute approximate surface area is 232 Å². The van der Waals surface area contributed by atoms with E-state index in [1.165, 1.54) is 18.5 Å². The molecule has 0 unspecified atom stereocenters. The van der Waals surface area contributed by atoms with Crippen molar-refractivity contribution in [1.82, 2.24) is 19.5 Å². The molecule has 0 aliphatic rings. The van der Waals surface area contributed by atoms with E-state index in [9.17, 15) is 27.2 Å². The number of hydrogen-bond acceptors (Lipinski definition) is 7. The Morgan fingerprint density at radius 1 is 1.15 bits per heavy atom. The lowest BCUT2D eigenvalue weighted by Gasteiger charge is -2.19. The van der Waals surface area contributed by atoms with Crippen LogP contribution in [0.4, 0.5) is 39.5 Å². The van der Waals surface area contributed by atoms with Crippen LogP contribution in [0.5, 0.6) is 0 Å². The minimum absolute atomic E-state index is 0.0540. The zero-order chi connectivity index (χ0) is 29.7. The van der Waals surface area contributed by atoms with Gasteiger partial charge in [-0.15, -0.1) is 0 Å². The smallest absolute Gasteiger partial charge is 0.383 e. The van der Waals surface area contributed by atoms with E-state index in [1.54, 1.807) is 17.7 Å². The molecule has 0 spiro atoms. The molecule has 0 saturated heterocycles. The summed E-state index contributed by atoms with van der Waals surface area (Å²) >= 11 is 0. The number of carbonyl (C=O) groups excluding carboxylic acids is 2. The number of nitrogens with one attached hydrogen (secondary N) is 2. The van der Waals surface area contributed by atoms with E-state index < -0.39 is 29.3 Å². The number of nitrogens with two attached hydrogens (primary N) is 1. The molecule has 2 heterocycles. The molecule has 0 fully saturated rings. The van der Waals surface area contributed by atoms with E-state index in [0.717, 1.165) is 12.2 Å². The number of benzene rings is 2. The number of carbonyl (C=O) groups is 2. The van der Waals surface area contributed by atoms with Gasteiger partial charge in [-0.3, -0.25) is 9.69 Å². The molecular formula is C27H27F4N7O3. The Bertz CT molecular complexity index is 1570. The highest BCUT2D eigenvalue weighted by Gasteiger charge is 2.31. The topological polar surface area (TPSA) is 127 Å². The number of fused-ring (bicyclic) bond motifs is 1. The highest BCUT2D eigenvalue weighted by atomic mass is 19.4. The van der Waals surface area contributed by atoms with Crippen LogP contribution in [-0.2, 0) is 17.5 Å². The average Bonchev–Trinajstić information content (AvgIpc) is 3.31. The first-order valence-electron chi connectivity index (χ1n) is 12.4. The summed E-state index contributed by atoms with van der Waals surface area (Å²) in [5.41, 5.74) is 7.09. The number of anilines is 3. The summed E-state index contributed by atoms with van der Waals surface area (Å²) in [6.45, 7) is 4.55. The summed E-state index contributed by atoms with van der Waals surface area (Å²) in [5.74, 6) is -0.835. The number of urea groups is 1. The van der Waals surface area contributed by atoms with Crippen LogP contribution < -0.4 is 16.4 Å². The van der Waals surface area contributed by atoms with Gasteiger partial charge in [-0.05, 0) is 48.5 Å². The SMILES string of the molecule is CCN(CCOC)Cc1cc(-c2ccc(NC(=O)Nc3cc(C(F)(F)F)ccc3F)c(C=O)c2)c2c(N)ncnn12. The second-order valence-electron chi connectivity index (χ2n) is 9.01. The molecule has 2 amide bonds. The lowest BCUT2D eigenvalue weighted by atomic mass is 10.0. The molecule has 14 heteroatoms. The molecule has 4 rings (SSSR count). The van der Waals surface area contributed by atoms with Crippen molar-refractivity contribution >= 4 is 35.0 Å². The number of ether oxygens (including phenoxy) is 1. The van der Waals surface area contributed by atoms with Crippen molar-refractivity contribution in [3.05, 3.63) is 71.4 Å². The summed E-state index contributed by atoms with van der Waals surface area (Å²) in [6.07, 6.45) is -2.87. The van der Waals surface area contributed by atoms with Gasteiger partial charge in [0.05, 0.1) is 29.2 Å². The van der Waals surface area contributed by atoms with Crippen molar-refractivity contribution in [3.63, 3.8) is 0 Å². The van der Waals surface area contributed by atoms with Crippen LogP contribution in [0.3, 0.4) is 0 Å². The van der Waals surface area contributed by atoms with Gasteiger partial charge < -0.3 is 21.1 Å². The van der Waals surface area contributed by atoms with E-state index in [1.807, 2.05) is 13.0 Å². The number of likely N-dealkylation sites (N-methyl/N-ethyl adjacent to an activating group) is 1. The molecule has 0 saturated carbocycles. The molecule has 4 aromatic rings. The van der Waals surface area contributed by atoms with Gasteiger partial charge in [0.1, 0.15) is 17.7 Å². The van der Waals surface area contributed by atoms with Crippen LogP contribution in [0, 0.1) is 5.82 Å². The Kier molecular flexibility index (Phi) is 8.83. The maximum absolute atomic E-state index is 14.1. The van der Waals surface area contributed by atoms with E-state index in [0.29, 0.717) is 60.8 Å². The minimum Gasteiger partial charge on any atom is -0.383 e. The zero-order valence-electron chi connectivity index (χ0n) is 22.1. The van der Waals surface area contributed by atoms with Gasteiger partial charge in [-0.2, -0.15) is 18.3 Å². The fourth-order valence-electron chi connectivity index (χ4n) is 4.28. The number of aldehydes is 1. The van der Waals surface area contributed by atoms with Crippen molar-refractivity contribution in [3.8, 4) is 11.1 Å². The van der Waals surface area contributed by atoms with E-state index in [4.69, 9.17) is 10.5 Å². The highest BCUT2D eigenvalue weighted by Crippen LogP contribution is 2.34. The van der Waals surface area contributed by atoms with E-state index in [2.05, 4.69) is 25.6 Å². The number of nitrogen functional groups attached to an aromatic ring is 1. The molecule has 10 nitrogen and oxygen atoms in total. The van der Waals surface area contributed by atoms with Crippen LogP contribution >= 0.6 is 0 Å². The van der Waals surface area contributed by atoms with Crippen LogP contribution in [-0.4, -0.2) is 58.6 Å². The number of aromatic nitrogens is 3. The number of rotatable bonds is 10. The third-order valence-corrected chi connectivity index (χ3v) is 6.38. The third kappa shape index (κ3) is 6.61. The Morgan fingerprint density at radius 2 is 1.90 bits per heavy atom. The summed E-state index contributed by atoms with van der Waals surface area (Å²) in [5, 5.41) is 8.79. The minimum atomic E-state index is -4.72. The van der Waals surface area contributed by atoms with Crippen LogP contribution in [0.2, 0.25) is 0 Å². The third-order valence-electron chi connectivity index (χ3n) is 6.38. The van der Waals surface area contributed by atoms with Crippen molar-refractivity contribution in [1.29, 1.82) is 0 Å². The van der Waals surface area contributed by atoms with Crippen molar-refractivity contribution in [2.24, 2.45) is 0 Å². The summed E-state index contributed by atoms with van der Waals surface area (Å²) in [4.78, 5) is 30.7. The Hall–Kier alpha value is -4.56. The lowest BCUT2D eigenvalue weighted by Crippen LogP contribution is -2.27. The van der Waals surface area contributed by atoms with Crippen molar-refractivity contribution in [2.45, 2.75) is 19.6 Å². The molecule has 2 aromatic carbocycles. The quantitative estimate of drug-likeness (QED) is 0.179. The number of amides is 2. The molecule has 0 aliphatic heterocycles. The van der Waals surface area contributed by atoms with E-state index in [-0.39, 0.29) is 17.1 Å². The first-order valence-corrected chi connectivity index (χ1v) is 12.4. The molecule has 2 aromatic heterocycles. The number of alkyl halides is 3. The number of hydrogen-bond donors (Lipinski definition) is 3. The van der Waals surface area contributed by atoms with Gasteiger partial charge in [0.2, 0.25) is 0 Å². The number of nitrogens with zero attached hydrogens (tertiary/aromatic N) is 4. The van der Waals surface area contributed by atoms with Gasteiger partial charge in [0.15, 0.2) is 12.1 Å². The van der Waals surface area contributed by atoms with Crippen LogP contribution in [0.15, 0.2) is 48.8 Å². The van der Waals surface area contributed by atoms with E-state index >= 15 is 0 Å². The largest absolute Gasteiger partial charge is 0.416 e. The summed E-state index contributed by atoms with van der Waals surface area (Å²) in [6, 6.07) is 7.09. The molecule has 4 N–H and O–H groups in total. The number of halogens is 4. The summed E-state index contributed by atoms with van der Waals surface area (Å²) < 4.78 is 59.9. The molecule has 0 radical (unpaired) electrons. The standard InChI is InChI=1S/C27H27F4N7O3/c1-3-37(8-9-41-2)13-19-12-20(24-25(32)33-15-34-38(19)24)16-4-7-22(17(10-16)14-39)35-26(40)36-23-11-18(27(29,30)31)5-6-21(23)28/h4-7,10-12,14-15H,3,8-9,13H2,1-2H3,(H2,32,33,34)(H2,35,36,40). The van der Waals surface area contributed by atoms with Gasteiger partial charge in [0, 0.05) is 31.3 Å². The maximum atomic E-state index is 14.1. The monoisotopic (exact) mass is 573 g/mol. The molecule has 41 heavy (non-hydrogen) atoms. The normalized spacial score (nSPS) is 11.7. The first kappa shape index (κ1) is 29.4. The zero-order valence-corrected chi connectivity index (χ0v) is 22.1. The van der Waals surface area contributed by atoms with Crippen LogP contribution in [0.25, 0.3) is 16.6 Å². The van der Waals surface area contributed by atoms with Crippen LogP contribution in [0.1, 0.15) is 28.5 Å².